The molecule has 36 heavy (non-hydrogen) atoms. The van der Waals surface area contributed by atoms with E-state index < -0.39 is 6.04 Å². The van der Waals surface area contributed by atoms with E-state index in [2.05, 4.69) is 33.7 Å². The summed E-state index contributed by atoms with van der Waals surface area (Å²) in [6.07, 6.45) is 1.32. The normalized spacial score (nSPS) is 24.4. The molecular formula is C28H33FN4O3. The number of hydrogen-bond donors (Lipinski definition) is 2. The van der Waals surface area contributed by atoms with Gasteiger partial charge in [0, 0.05) is 39.2 Å². The standard InChI is InChI=1S/C28H33FN4O3/c29-27-10-20(2-4-21(27)8-23(11-30)32-13-25-12-31-6-1-7-35-25)19-3-5-22-14-36-28(26(22)9-19)17-33(18-28)24-15-34-16-24/h2-5,9-10,23-25,31-32H,1,6-8,12-18H2/t23-,25?/m0/s1. The molecule has 4 heterocycles. The maximum Gasteiger partial charge on any atom is 0.127 e. The van der Waals surface area contributed by atoms with Gasteiger partial charge in [0.1, 0.15) is 11.4 Å². The zero-order valence-electron chi connectivity index (χ0n) is 20.5. The van der Waals surface area contributed by atoms with Gasteiger partial charge in [-0.05, 0) is 52.9 Å². The molecule has 0 amide bonds. The molecule has 190 valence electrons. The lowest BCUT2D eigenvalue weighted by Gasteiger charge is -2.53. The molecule has 1 unspecified atom stereocenters. The first kappa shape index (κ1) is 24.0. The highest BCUT2D eigenvalue weighted by Crippen LogP contribution is 2.46. The first-order valence-corrected chi connectivity index (χ1v) is 13.0. The van der Waals surface area contributed by atoms with Crippen LogP contribution in [0.2, 0.25) is 0 Å². The van der Waals surface area contributed by atoms with Gasteiger partial charge >= 0.3 is 0 Å². The summed E-state index contributed by atoms with van der Waals surface area (Å²) in [5, 5.41) is 16.2. The van der Waals surface area contributed by atoms with Crippen LogP contribution in [0.3, 0.4) is 0 Å². The number of likely N-dealkylation sites (tertiary alicyclic amines) is 1. The number of nitrogens with zero attached hydrogens (tertiary/aromatic N) is 2. The maximum absolute atomic E-state index is 15.2. The minimum absolute atomic E-state index is 0.0208. The number of hydrogen-bond acceptors (Lipinski definition) is 7. The summed E-state index contributed by atoms with van der Waals surface area (Å²) >= 11 is 0. The molecule has 2 aromatic rings. The summed E-state index contributed by atoms with van der Waals surface area (Å²) < 4.78 is 32.5. The summed E-state index contributed by atoms with van der Waals surface area (Å²) in [6.45, 7) is 7.00. The van der Waals surface area contributed by atoms with Crippen LogP contribution in [-0.2, 0) is 32.8 Å². The van der Waals surface area contributed by atoms with E-state index in [1.807, 2.05) is 18.2 Å². The Bertz CT molecular complexity index is 1130. The number of fused-ring (bicyclic) bond motifs is 2. The number of rotatable bonds is 7. The summed E-state index contributed by atoms with van der Waals surface area (Å²) in [4.78, 5) is 2.43. The van der Waals surface area contributed by atoms with Crippen LogP contribution < -0.4 is 10.6 Å². The maximum atomic E-state index is 15.2. The molecule has 4 aliphatic heterocycles. The Balaban J connectivity index is 1.12. The molecule has 6 rings (SSSR count). The molecule has 2 N–H and O–H groups in total. The predicted molar refractivity (Wildman–Crippen MR) is 133 cm³/mol. The van der Waals surface area contributed by atoms with Crippen molar-refractivity contribution in [1.82, 2.24) is 15.5 Å². The fraction of sp³-hybridized carbons (Fsp3) is 0.536. The van der Waals surface area contributed by atoms with Crippen molar-refractivity contribution < 1.29 is 18.6 Å². The minimum atomic E-state index is -0.475. The SMILES string of the molecule is N#C[C@H](Cc1ccc(-c2ccc3c(c2)C2(CN(C4COC4)C2)OC3)cc1F)NCC1CNCCCO1. The van der Waals surface area contributed by atoms with Crippen molar-refractivity contribution in [2.45, 2.75) is 43.2 Å². The molecule has 0 radical (unpaired) electrons. The Morgan fingerprint density at radius 2 is 2.03 bits per heavy atom. The van der Waals surface area contributed by atoms with E-state index in [4.69, 9.17) is 14.2 Å². The Labute approximate surface area is 211 Å². The molecule has 0 aliphatic carbocycles. The lowest BCUT2D eigenvalue weighted by atomic mass is 9.82. The summed E-state index contributed by atoms with van der Waals surface area (Å²) in [5.74, 6) is -0.284. The Hall–Kier alpha value is -2.38. The molecule has 3 fully saturated rings. The van der Waals surface area contributed by atoms with Gasteiger partial charge in [0.25, 0.3) is 0 Å². The van der Waals surface area contributed by atoms with Gasteiger partial charge in [0.05, 0.1) is 44.1 Å². The molecule has 2 aromatic carbocycles. The van der Waals surface area contributed by atoms with E-state index in [-0.39, 0.29) is 17.5 Å². The highest BCUT2D eigenvalue weighted by atomic mass is 19.1. The first-order chi connectivity index (χ1) is 17.6. The van der Waals surface area contributed by atoms with Gasteiger partial charge in [-0.2, -0.15) is 5.26 Å². The summed E-state index contributed by atoms with van der Waals surface area (Å²) in [7, 11) is 0. The first-order valence-electron chi connectivity index (χ1n) is 13.0. The number of nitriles is 1. The second-order valence-corrected chi connectivity index (χ2v) is 10.4. The Morgan fingerprint density at radius 3 is 2.81 bits per heavy atom. The van der Waals surface area contributed by atoms with Gasteiger partial charge in [0.15, 0.2) is 0 Å². The third-order valence-electron chi connectivity index (χ3n) is 7.94. The van der Waals surface area contributed by atoms with Crippen LogP contribution >= 0.6 is 0 Å². The van der Waals surface area contributed by atoms with Crippen molar-refractivity contribution >= 4 is 0 Å². The molecule has 1 spiro atoms. The van der Waals surface area contributed by atoms with Crippen LogP contribution in [-0.4, -0.2) is 75.6 Å². The quantitative estimate of drug-likeness (QED) is 0.614. The lowest BCUT2D eigenvalue weighted by Crippen LogP contribution is -2.66. The smallest absolute Gasteiger partial charge is 0.127 e. The topological polar surface area (TPSA) is 78.8 Å². The molecule has 8 heteroatoms. The third-order valence-corrected chi connectivity index (χ3v) is 7.94. The van der Waals surface area contributed by atoms with E-state index in [1.165, 1.54) is 11.1 Å². The van der Waals surface area contributed by atoms with Crippen LogP contribution in [0.1, 0.15) is 23.1 Å². The Morgan fingerprint density at radius 1 is 1.19 bits per heavy atom. The highest BCUT2D eigenvalue weighted by Gasteiger charge is 2.52. The number of benzene rings is 2. The zero-order valence-corrected chi connectivity index (χ0v) is 20.5. The summed E-state index contributed by atoms with van der Waals surface area (Å²) in [6, 6.07) is 14.0. The van der Waals surface area contributed by atoms with Gasteiger partial charge in [-0.25, -0.2) is 4.39 Å². The van der Waals surface area contributed by atoms with Crippen molar-refractivity contribution in [1.29, 1.82) is 5.26 Å². The molecule has 0 saturated carbocycles. The van der Waals surface area contributed by atoms with Crippen LogP contribution in [0.25, 0.3) is 11.1 Å². The zero-order chi connectivity index (χ0) is 24.5. The molecule has 4 aliphatic rings. The van der Waals surface area contributed by atoms with Gasteiger partial charge in [-0.15, -0.1) is 0 Å². The largest absolute Gasteiger partial charge is 0.378 e. The predicted octanol–water partition coefficient (Wildman–Crippen LogP) is 2.34. The average Bonchev–Trinajstić information content (AvgIpc) is 3.02. The van der Waals surface area contributed by atoms with Gasteiger partial charge in [-0.3, -0.25) is 10.2 Å². The number of ether oxygens (including phenoxy) is 3. The molecule has 7 nitrogen and oxygen atoms in total. The van der Waals surface area contributed by atoms with E-state index >= 15 is 4.39 Å². The highest BCUT2D eigenvalue weighted by molar-refractivity contribution is 5.66. The minimum Gasteiger partial charge on any atom is -0.378 e. The third kappa shape index (κ3) is 4.68. The van der Waals surface area contributed by atoms with Crippen LogP contribution in [0.5, 0.6) is 0 Å². The van der Waals surface area contributed by atoms with Crippen LogP contribution in [0.15, 0.2) is 36.4 Å². The van der Waals surface area contributed by atoms with Gasteiger partial charge < -0.3 is 19.5 Å². The molecule has 0 bridgehead atoms. The van der Waals surface area contributed by atoms with Crippen molar-refractivity contribution in [3.8, 4) is 17.2 Å². The molecule has 2 atom stereocenters. The van der Waals surface area contributed by atoms with E-state index in [0.717, 1.165) is 63.5 Å². The fourth-order valence-electron chi connectivity index (χ4n) is 5.61. The molecule has 3 saturated heterocycles. The number of halogens is 1. The second-order valence-electron chi connectivity index (χ2n) is 10.4. The van der Waals surface area contributed by atoms with E-state index in [1.54, 1.807) is 6.07 Å². The average molecular weight is 493 g/mol. The summed E-state index contributed by atoms with van der Waals surface area (Å²) in [5.41, 5.74) is 4.56. The molecule has 0 aromatic heterocycles. The van der Waals surface area contributed by atoms with Crippen molar-refractivity contribution in [3.05, 3.63) is 58.9 Å². The monoisotopic (exact) mass is 492 g/mol. The fourth-order valence-corrected chi connectivity index (χ4v) is 5.61. The van der Waals surface area contributed by atoms with Gasteiger partial charge in [0.2, 0.25) is 0 Å². The van der Waals surface area contributed by atoms with E-state index in [0.29, 0.717) is 31.2 Å². The van der Waals surface area contributed by atoms with E-state index in [9.17, 15) is 5.26 Å². The lowest BCUT2D eigenvalue weighted by molar-refractivity contribution is -0.191. The number of nitrogens with one attached hydrogen (secondary N) is 2. The van der Waals surface area contributed by atoms with Crippen molar-refractivity contribution in [2.24, 2.45) is 0 Å². The van der Waals surface area contributed by atoms with Crippen LogP contribution in [0, 0.1) is 17.1 Å². The molecular weight excluding hydrogens is 459 g/mol. The van der Waals surface area contributed by atoms with Gasteiger partial charge in [-0.1, -0.05) is 24.3 Å². The second kappa shape index (κ2) is 10.2. The van der Waals surface area contributed by atoms with Crippen LogP contribution in [0.4, 0.5) is 4.39 Å². The Kier molecular flexibility index (Phi) is 6.78. The van der Waals surface area contributed by atoms with Crippen molar-refractivity contribution in [2.75, 3.05) is 52.5 Å². The van der Waals surface area contributed by atoms with Crippen molar-refractivity contribution in [3.63, 3.8) is 0 Å².